The maximum Gasteiger partial charge on any atom is 0.133 e. The van der Waals surface area contributed by atoms with Gasteiger partial charge < -0.3 is 9.90 Å². The van der Waals surface area contributed by atoms with Gasteiger partial charge in [0.05, 0.1) is 0 Å². The first-order valence-electron chi connectivity index (χ1n) is 4.17. The van der Waals surface area contributed by atoms with Crippen LogP contribution in [-0.4, -0.2) is 11.4 Å². The van der Waals surface area contributed by atoms with E-state index in [1.54, 1.807) is 6.92 Å². The van der Waals surface area contributed by atoms with E-state index in [1.165, 1.54) is 0 Å². The molecule has 2 nitrogen and oxygen atoms in total. The molecule has 14 heavy (non-hydrogen) atoms. The van der Waals surface area contributed by atoms with Crippen LogP contribution in [0.4, 0.5) is 8.78 Å². The van der Waals surface area contributed by atoms with E-state index in [1.807, 2.05) is 0 Å². The van der Waals surface area contributed by atoms with Crippen LogP contribution in [-0.2, 0) is 4.79 Å². The van der Waals surface area contributed by atoms with Gasteiger partial charge in [0.2, 0.25) is 0 Å². The van der Waals surface area contributed by atoms with Crippen LogP contribution in [0.1, 0.15) is 24.8 Å². The lowest BCUT2D eigenvalue weighted by Gasteiger charge is -2.11. The molecule has 1 aromatic rings. The molecule has 0 aliphatic heterocycles. The maximum atomic E-state index is 13.2. The van der Waals surface area contributed by atoms with Crippen molar-refractivity contribution in [2.45, 2.75) is 19.3 Å². The molecule has 1 N–H and O–H groups in total. The topological polar surface area (TPSA) is 37.3 Å². The minimum Gasteiger partial charge on any atom is -0.507 e. The molecule has 0 bridgehead atoms. The Morgan fingerprint density at radius 1 is 1.50 bits per heavy atom. The van der Waals surface area contributed by atoms with E-state index < -0.39 is 23.3 Å². The molecule has 0 amide bonds. The molecule has 0 aliphatic carbocycles. The van der Waals surface area contributed by atoms with Gasteiger partial charge in [-0.15, -0.1) is 0 Å². The number of halogens is 2. The molecule has 0 heterocycles. The number of benzene rings is 1. The third-order valence-corrected chi connectivity index (χ3v) is 2.02. The van der Waals surface area contributed by atoms with Crippen LogP contribution in [0.3, 0.4) is 0 Å². The lowest BCUT2D eigenvalue weighted by atomic mass is 9.97. The van der Waals surface area contributed by atoms with E-state index in [4.69, 9.17) is 0 Å². The molecule has 4 heteroatoms. The van der Waals surface area contributed by atoms with E-state index in [9.17, 15) is 18.7 Å². The summed E-state index contributed by atoms with van der Waals surface area (Å²) in [6.07, 6.45) is 0.725. The number of phenolic OH excluding ortho intramolecular Hbond substituents is 1. The van der Waals surface area contributed by atoms with Gasteiger partial charge in [0.1, 0.15) is 23.7 Å². The lowest BCUT2D eigenvalue weighted by Crippen LogP contribution is -1.99. The number of carbonyl (C=O) groups excluding carboxylic acids is 1. The molecular formula is C10H10F2O2. The Bertz CT molecular complexity index is 327. The van der Waals surface area contributed by atoms with Crippen molar-refractivity contribution in [2.24, 2.45) is 0 Å². The van der Waals surface area contributed by atoms with E-state index in [-0.39, 0.29) is 12.0 Å². The van der Waals surface area contributed by atoms with Crippen LogP contribution in [0.5, 0.6) is 5.75 Å². The normalized spacial score (nSPS) is 12.5. The van der Waals surface area contributed by atoms with Gasteiger partial charge in [0.25, 0.3) is 0 Å². The summed E-state index contributed by atoms with van der Waals surface area (Å²) in [5.74, 6) is -2.55. The second kappa shape index (κ2) is 4.17. The van der Waals surface area contributed by atoms with E-state index >= 15 is 0 Å². The Kier molecular flexibility index (Phi) is 3.17. The minimum atomic E-state index is -0.831. The summed E-state index contributed by atoms with van der Waals surface area (Å²) in [7, 11) is 0. The number of hydrogen-bond donors (Lipinski definition) is 1. The number of phenols is 1. The molecule has 0 spiro atoms. The van der Waals surface area contributed by atoms with Crippen molar-refractivity contribution in [3.63, 3.8) is 0 Å². The summed E-state index contributed by atoms with van der Waals surface area (Å²) in [4.78, 5) is 10.2. The fourth-order valence-electron chi connectivity index (χ4n) is 1.32. The number of rotatable bonds is 3. The van der Waals surface area contributed by atoms with Crippen LogP contribution < -0.4 is 0 Å². The highest BCUT2D eigenvalue weighted by Gasteiger charge is 2.16. The zero-order valence-corrected chi connectivity index (χ0v) is 7.63. The summed E-state index contributed by atoms with van der Waals surface area (Å²) < 4.78 is 25.8. The Hall–Kier alpha value is -1.45. The predicted octanol–water partition coefficient (Wildman–Crippen LogP) is 2.36. The predicted molar refractivity (Wildman–Crippen MR) is 47.1 cm³/mol. The molecule has 0 saturated carbocycles. The molecule has 1 atom stereocenters. The number of hydrogen-bond acceptors (Lipinski definition) is 2. The number of aromatic hydroxyl groups is 1. The zero-order chi connectivity index (χ0) is 10.7. The van der Waals surface area contributed by atoms with Crippen molar-refractivity contribution in [3.05, 3.63) is 29.3 Å². The maximum absolute atomic E-state index is 13.2. The van der Waals surface area contributed by atoms with Gasteiger partial charge in [-0.05, 0) is 5.92 Å². The summed E-state index contributed by atoms with van der Waals surface area (Å²) in [6.45, 7) is 1.59. The van der Waals surface area contributed by atoms with Crippen LogP contribution in [0, 0.1) is 11.6 Å². The molecule has 1 unspecified atom stereocenters. The van der Waals surface area contributed by atoms with Crippen LogP contribution in [0.2, 0.25) is 0 Å². The first-order valence-corrected chi connectivity index (χ1v) is 4.17. The Morgan fingerprint density at radius 2 is 2.14 bits per heavy atom. The fraction of sp³-hybridized carbons (Fsp3) is 0.300. The van der Waals surface area contributed by atoms with Crippen LogP contribution >= 0.6 is 0 Å². The lowest BCUT2D eigenvalue weighted by molar-refractivity contribution is -0.108. The first-order chi connectivity index (χ1) is 6.56. The highest BCUT2D eigenvalue weighted by Crippen LogP contribution is 2.30. The van der Waals surface area contributed by atoms with Gasteiger partial charge >= 0.3 is 0 Å². The van der Waals surface area contributed by atoms with Crippen LogP contribution in [0.15, 0.2) is 12.1 Å². The smallest absolute Gasteiger partial charge is 0.133 e. The van der Waals surface area contributed by atoms with Crippen molar-refractivity contribution in [3.8, 4) is 5.75 Å². The summed E-state index contributed by atoms with van der Waals surface area (Å²) in [5, 5.41) is 9.27. The first kappa shape index (κ1) is 10.6. The van der Waals surface area contributed by atoms with Crippen molar-refractivity contribution in [1.82, 2.24) is 0 Å². The van der Waals surface area contributed by atoms with Gasteiger partial charge in [-0.1, -0.05) is 6.92 Å². The van der Waals surface area contributed by atoms with Gasteiger partial charge in [-0.25, -0.2) is 8.78 Å². The monoisotopic (exact) mass is 200 g/mol. The average Bonchev–Trinajstić information content (AvgIpc) is 2.01. The molecule has 1 aromatic carbocycles. The summed E-state index contributed by atoms with van der Waals surface area (Å²) >= 11 is 0. The van der Waals surface area contributed by atoms with E-state index in [0.717, 1.165) is 6.07 Å². The SMILES string of the molecule is CC(CC=O)c1c(O)cc(F)cc1F. The van der Waals surface area contributed by atoms with E-state index in [2.05, 4.69) is 0 Å². The molecule has 0 radical (unpaired) electrons. The molecule has 0 aliphatic rings. The second-order valence-electron chi connectivity index (χ2n) is 3.12. The van der Waals surface area contributed by atoms with E-state index in [0.29, 0.717) is 12.4 Å². The van der Waals surface area contributed by atoms with Gasteiger partial charge in [0, 0.05) is 24.1 Å². The molecular weight excluding hydrogens is 190 g/mol. The Labute approximate surface area is 80.2 Å². The molecule has 0 aromatic heterocycles. The van der Waals surface area contributed by atoms with Crippen molar-refractivity contribution < 1.29 is 18.7 Å². The molecule has 76 valence electrons. The molecule has 1 rings (SSSR count). The standard InChI is InChI=1S/C10H10F2O2/c1-6(2-3-13)10-8(12)4-7(11)5-9(10)14/h3-6,14H,2H2,1H3. The molecule has 0 fully saturated rings. The van der Waals surface area contributed by atoms with Crippen molar-refractivity contribution >= 4 is 6.29 Å². The number of aldehydes is 1. The third-order valence-electron chi connectivity index (χ3n) is 2.02. The largest absolute Gasteiger partial charge is 0.507 e. The average molecular weight is 200 g/mol. The fourth-order valence-corrected chi connectivity index (χ4v) is 1.32. The molecule has 0 saturated heterocycles. The van der Waals surface area contributed by atoms with Gasteiger partial charge in [0.15, 0.2) is 0 Å². The second-order valence-corrected chi connectivity index (χ2v) is 3.12. The quantitative estimate of drug-likeness (QED) is 0.760. The van der Waals surface area contributed by atoms with Gasteiger partial charge in [-0.2, -0.15) is 0 Å². The Balaban J connectivity index is 3.13. The van der Waals surface area contributed by atoms with Crippen molar-refractivity contribution in [2.75, 3.05) is 0 Å². The minimum absolute atomic E-state index is 0.0153. The summed E-state index contributed by atoms with van der Waals surface area (Å²) in [5.41, 5.74) is -0.0153. The number of carbonyl (C=O) groups is 1. The Morgan fingerprint density at radius 3 is 2.64 bits per heavy atom. The summed E-state index contributed by atoms with van der Waals surface area (Å²) in [6, 6.07) is 1.52. The third kappa shape index (κ3) is 2.07. The van der Waals surface area contributed by atoms with Crippen molar-refractivity contribution in [1.29, 1.82) is 0 Å². The van der Waals surface area contributed by atoms with Crippen LogP contribution in [0.25, 0.3) is 0 Å². The zero-order valence-electron chi connectivity index (χ0n) is 7.63. The van der Waals surface area contributed by atoms with Gasteiger partial charge in [-0.3, -0.25) is 0 Å². The highest BCUT2D eigenvalue weighted by atomic mass is 19.1. The highest BCUT2D eigenvalue weighted by molar-refractivity contribution is 5.52.